The fraction of sp³-hybridized carbons (Fsp3) is 0.385. The second-order valence-corrected chi connectivity index (χ2v) is 4.16. The van der Waals surface area contributed by atoms with Crippen LogP contribution in [0.15, 0.2) is 22.7 Å². The highest BCUT2D eigenvalue weighted by atomic mass is 79.9. The van der Waals surface area contributed by atoms with Crippen LogP contribution >= 0.6 is 15.9 Å². The Hall–Kier alpha value is -0.980. The summed E-state index contributed by atoms with van der Waals surface area (Å²) in [6.07, 6.45) is 0. The van der Waals surface area contributed by atoms with Gasteiger partial charge in [0.15, 0.2) is 0 Å². The minimum absolute atomic E-state index is 0.442. The van der Waals surface area contributed by atoms with E-state index in [1.54, 1.807) is 0 Å². The molecule has 86 valence electrons. The molecule has 0 aromatic heterocycles. The molecule has 0 aliphatic carbocycles. The number of hydrogen-bond acceptors (Lipinski definition) is 2. The number of benzene rings is 1. The minimum atomic E-state index is 0.442. The maximum absolute atomic E-state index is 5.60. The summed E-state index contributed by atoms with van der Waals surface area (Å²) in [7, 11) is 0. The van der Waals surface area contributed by atoms with E-state index in [0.717, 1.165) is 28.9 Å². The van der Waals surface area contributed by atoms with Gasteiger partial charge in [0.2, 0.25) is 0 Å². The highest BCUT2D eigenvalue weighted by Gasteiger charge is 2.03. The molecule has 0 saturated heterocycles. The number of nitrogens with one attached hydrogen (secondary N) is 1. The molecule has 0 unspecified atom stereocenters. The van der Waals surface area contributed by atoms with Crippen molar-refractivity contribution in [1.82, 2.24) is 5.32 Å². The fourth-order valence-electron chi connectivity index (χ4n) is 1.27. The first kappa shape index (κ1) is 13.1. The Morgan fingerprint density at radius 3 is 2.94 bits per heavy atom. The van der Waals surface area contributed by atoms with Gasteiger partial charge >= 0.3 is 0 Å². The zero-order valence-corrected chi connectivity index (χ0v) is 11.2. The molecule has 0 spiro atoms. The molecule has 0 radical (unpaired) electrons. The third-order valence-corrected chi connectivity index (χ3v) is 2.56. The van der Waals surface area contributed by atoms with Crippen LogP contribution in [0.3, 0.4) is 0 Å². The van der Waals surface area contributed by atoms with Gasteiger partial charge < -0.3 is 10.1 Å². The van der Waals surface area contributed by atoms with Gasteiger partial charge in [-0.2, -0.15) is 0 Å². The Morgan fingerprint density at radius 1 is 1.44 bits per heavy atom. The molecule has 3 heteroatoms. The highest BCUT2D eigenvalue weighted by molar-refractivity contribution is 9.10. The maximum atomic E-state index is 5.60. The first-order chi connectivity index (χ1) is 7.77. The van der Waals surface area contributed by atoms with Crippen molar-refractivity contribution in [3.8, 4) is 17.6 Å². The second-order valence-electron chi connectivity index (χ2n) is 3.25. The van der Waals surface area contributed by atoms with Crippen molar-refractivity contribution in [3.63, 3.8) is 0 Å². The average Bonchev–Trinajstić information content (AvgIpc) is 2.29. The molecule has 0 heterocycles. The van der Waals surface area contributed by atoms with Gasteiger partial charge in [-0.15, -0.1) is 5.92 Å². The standard InChI is InChI=1S/C13H16BrNO/c1-3-5-8-16-13-7-6-12(14)9-11(13)10-15-4-2/h6-7,9,15H,4,8,10H2,1-2H3. The first-order valence-electron chi connectivity index (χ1n) is 5.29. The van der Waals surface area contributed by atoms with Crippen molar-refractivity contribution in [2.24, 2.45) is 0 Å². The molecule has 0 aliphatic rings. The van der Waals surface area contributed by atoms with Crippen LogP contribution in [0.2, 0.25) is 0 Å². The maximum Gasteiger partial charge on any atom is 0.149 e. The molecule has 0 amide bonds. The summed E-state index contributed by atoms with van der Waals surface area (Å²) in [5.74, 6) is 6.60. The topological polar surface area (TPSA) is 21.3 Å². The SMILES string of the molecule is CC#CCOc1ccc(Br)cc1CNCC. The van der Waals surface area contributed by atoms with Crippen molar-refractivity contribution in [3.05, 3.63) is 28.2 Å². The Bertz CT molecular complexity index is 393. The molecule has 1 rings (SSSR count). The van der Waals surface area contributed by atoms with Gasteiger partial charge in [0.05, 0.1) is 0 Å². The number of hydrogen-bond donors (Lipinski definition) is 1. The average molecular weight is 282 g/mol. The van der Waals surface area contributed by atoms with E-state index in [1.807, 2.05) is 19.1 Å². The molecule has 0 saturated carbocycles. The normalized spacial score (nSPS) is 9.44. The molecule has 1 N–H and O–H groups in total. The van der Waals surface area contributed by atoms with E-state index < -0.39 is 0 Å². The van der Waals surface area contributed by atoms with Crippen LogP contribution in [0.25, 0.3) is 0 Å². The van der Waals surface area contributed by atoms with Crippen LogP contribution in [0, 0.1) is 11.8 Å². The van der Waals surface area contributed by atoms with Gasteiger partial charge in [-0.05, 0) is 31.7 Å². The Labute approximate surface area is 106 Å². The third kappa shape index (κ3) is 4.26. The number of halogens is 1. The van der Waals surface area contributed by atoms with Gasteiger partial charge in [0.1, 0.15) is 12.4 Å². The number of rotatable bonds is 5. The van der Waals surface area contributed by atoms with Crippen molar-refractivity contribution >= 4 is 15.9 Å². The van der Waals surface area contributed by atoms with Crippen LogP contribution in [-0.2, 0) is 6.54 Å². The van der Waals surface area contributed by atoms with Crippen molar-refractivity contribution in [2.75, 3.05) is 13.2 Å². The van der Waals surface area contributed by atoms with Crippen molar-refractivity contribution in [1.29, 1.82) is 0 Å². The molecule has 0 aliphatic heterocycles. The van der Waals surface area contributed by atoms with Crippen molar-refractivity contribution < 1.29 is 4.74 Å². The fourth-order valence-corrected chi connectivity index (χ4v) is 1.68. The van der Waals surface area contributed by atoms with Crippen LogP contribution < -0.4 is 10.1 Å². The van der Waals surface area contributed by atoms with Gasteiger partial charge in [0, 0.05) is 16.6 Å². The lowest BCUT2D eigenvalue weighted by atomic mass is 10.2. The lowest BCUT2D eigenvalue weighted by Gasteiger charge is -2.10. The summed E-state index contributed by atoms with van der Waals surface area (Å²) in [4.78, 5) is 0. The van der Waals surface area contributed by atoms with Gasteiger partial charge in [-0.3, -0.25) is 0 Å². The summed E-state index contributed by atoms with van der Waals surface area (Å²) in [5.41, 5.74) is 1.15. The molecular weight excluding hydrogens is 266 g/mol. The number of ether oxygens (including phenoxy) is 1. The van der Waals surface area contributed by atoms with E-state index in [2.05, 4.69) is 46.1 Å². The van der Waals surface area contributed by atoms with Gasteiger partial charge in [-0.25, -0.2) is 0 Å². The van der Waals surface area contributed by atoms with Crippen LogP contribution in [0.5, 0.6) is 5.75 Å². The molecule has 2 nitrogen and oxygen atoms in total. The predicted molar refractivity (Wildman–Crippen MR) is 70.5 cm³/mol. The molecular formula is C13H16BrNO. The predicted octanol–water partition coefficient (Wildman–Crippen LogP) is 2.96. The third-order valence-electron chi connectivity index (χ3n) is 2.06. The lowest BCUT2D eigenvalue weighted by molar-refractivity contribution is 0.364. The van der Waals surface area contributed by atoms with Crippen LogP contribution in [0.4, 0.5) is 0 Å². The summed E-state index contributed by atoms with van der Waals surface area (Å²) in [6, 6.07) is 6.01. The van der Waals surface area contributed by atoms with Crippen LogP contribution in [0.1, 0.15) is 19.4 Å². The molecule has 1 aromatic rings. The largest absolute Gasteiger partial charge is 0.481 e. The monoisotopic (exact) mass is 281 g/mol. The smallest absolute Gasteiger partial charge is 0.149 e. The zero-order valence-electron chi connectivity index (χ0n) is 9.64. The van der Waals surface area contributed by atoms with Crippen LogP contribution in [-0.4, -0.2) is 13.2 Å². The molecule has 1 aromatic carbocycles. The van der Waals surface area contributed by atoms with Gasteiger partial charge in [-0.1, -0.05) is 28.8 Å². The Kier molecular flexibility index (Phi) is 5.99. The Morgan fingerprint density at radius 2 is 2.25 bits per heavy atom. The van der Waals surface area contributed by atoms with E-state index in [9.17, 15) is 0 Å². The highest BCUT2D eigenvalue weighted by Crippen LogP contribution is 2.23. The van der Waals surface area contributed by atoms with E-state index in [-0.39, 0.29) is 0 Å². The molecule has 0 atom stereocenters. The lowest BCUT2D eigenvalue weighted by Crippen LogP contribution is -2.13. The summed E-state index contributed by atoms with van der Waals surface area (Å²) >= 11 is 3.46. The minimum Gasteiger partial charge on any atom is -0.481 e. The van der Waals surface area contributed by atoms with Crippen molar-refractivity contribution in [2.45, 2.75) is 20.4 Å². The summed E-state index contributed by atoms with van der Waals surface area (Å²) in [6.45, 7) is 6.09. The summed E-state index contributed by atoms with van der Waals surface area (Å²) < 4.78 is 6.66. The van der Waals surface area contributed by atoms with E-state index in [0.29, 0.717) is 6.61 Å². The Balaban J connectivity index is 2.74. The zero-order chi connectivity index (χ0) is 11.8. The molecule has 16 heavy (non-hydrogen) atoms. The molecule has 0 fully saturated rings. The quantitative estimate of drug-likeness (QED) is 0.838. The van der Waals surface area contributed by atoms with E-state index in [1.165, 1.54) is 0 Å². The van der Waals surface area contributed by atoms with E-state index >= 15 is 0 Å². The van der Waals surface area contributed by atoms with E-state index in [4.69, 9.17) is 4.74 Å². The molecule has 0 bridgehead atoms. The second kappa shape index (κ2) is 7.32. The summed E-state index contributed by atoms with van der Waals surface area (Å²) in [5, 5.41) is 3.29. The van der Waals surface area contributed by atoms with Gasteiger partial charge in [0.25, 0.3) is 0 Å². The first-order valence-corrected chi connectivity index (χ1v) is 6.08.